The van der Waals surface area contributed by atoms with Gasteiger partial charge in [0.05, 0.1) is 17.7 Å². The molecule has 2 N–H and O–H groups in total. The highest BCUT2D eigenvalue weighted by molar-refractivity contribution is 6.23. The lowest BCUT2D eigenvalue weighted by Gasteiger charge is -2.47. The highest BCUT2D eigenvalue weighted by Crippen LogP contribution is 2.49. The number of carbonyl (C=O) groups excluding carboxylic acids is 5. The molecule has 11 nitrogen and oxygen atoms in total. The Bertz CT molecular complexity index is 2150. The molecule has 0 aromatic heterocycles. The van der Waals surface area contributed by atoms with Crippen LogP contribution in [0.25, 0.3) is 0 Å². The van der Waals surface area contributed by atoms with Gasteiger partial charge in [-0.25, -0.2) is 0 Å². The average molecular weight is 798 g/mol. The Hall–Kier alpha value is -5.03. The molecule has 7 aliphatic rings. The van der Waals surface area contributed by atoms with E-state index in [9.17, 15) is 29.1 Å². The molecule has 3 aromatic rings. The van der Waals surface area contributed by atoms with Gasteiger partial charge in [0.1, 0.15) is 11.8 Å². The van der Waals surface area contributed by atoms with Crippen LogP contribution in [-0.2, 0) is 33.9 Å². The van der Waals surface area contributed by atoms with E-state index in [1.54, 1.807) is 12.1 Å². The lowest BCUT2D eigenvalue weighted by atomic mass is 9.64. The summed E-state index contributed by atoms with van der Waals surface area (Å²) in [5.74, 6) is 0.282. The van der Waals surface area contributed by atoms with Gasteiger partial charge in [-0.15, -0.1) is 0 Å². The number of rotatable bonds is 6. The summed E-state index contributed by atoms with van der Waals surface area (Å²) in [4.78, 5) is 72.1. The van der Waals surface area contributed by atoms with Crippen molar-refractivity contribution in [2.24, 2.45) is 17.3 Å². The first kappa shape index (κ1) is 38.2. The Labute approximate surface area is 346 Å². The lowest BCUT2D eigenvalue weighted by Crippen LogP contribution is -2.54. The minimum atomic E-state index is -0.985. The first-order valence-corrected chi connectivity index (χ1v) is 22.2. The van der Waals surface area contributed by atoms with E-state index in [0.717, 1.165) is 80.2 Å². The maximum atomic E-state index is 13.6. The van der Waals surface area contributed by atoms with E-state index in [1.165, 1.54) is 60.9 Å². The van der Waals surface area contributed by atoms with Gasteiger partial charge >= 0.3 is 0 Å². The monoisotopic (exact) mass is 797 g/mol. The number of nitrogens with zero attached hydrogens (tertiary/aromatic N) is 4. The second-order valence-electron chi connectivity index (χ2n) is 18.7. The molecular weight excluding hydrogens is 743 g/mol. The standard InChI is InChI=1S/C48H55N5O6/c54-36-11-13-38-32(24-36)8-12-37(30-4-2-1-3-5-30)44(38)31-6-9-35(10-7-31)51-20-16-48(17-21-51)18-22-52(23-19-48)43(56)29-50-27-33-25-39-40(26-34(33)28-50)47(59)53(46(39)58)41-14-15-42(55)49-45(41)57/h6-7,9-11,13,24-26,30,37,41,44,54H,1-5,8,12,14-23,27-29H2,(H,49,55,57)/t37-,41-,44+/m1/s1. The van der Waals surface area contributed by atoms with Crippen molar-refractivity contribution in [2.75, 3.05) is 37.6 Å². The first-order chi connectivity index (χ1) is 28.6. The van der Waals surface area contributed by atoms with Gasteiger partial charge in [-0.1, -0.05) is 50.3 Å². The van der Waals surface area contributed by atoms with E-state index >= 15 is 0 Å². The number of amides is 5. The molecule has 2 aliphatic carbocycles. The molecule has 0 bridgehead atoms. The molecule has 3 aromatic carbocycles. The average Bonchev–Trinajstić information content (AvgIpc) is 3.75. The summed E-state index contributed by atoms with van der Waals surface area (Å²) in [5.41, 5.74) is 8.10. The van der Waals surface area contributed by atoms with Gasteiger partial charge in [0, 0.05) is 57.3 Å². The summed E-state index contributed by atoms with van der Waals surface area (Å²) in [6.07, 6.45) is 13.5. The zero-order valence-corrected chi connectivity index (χ0v) is 33.9. The number of phenolic OH excluding ortho intramolecular Hbond substituents is 1. The molecule has 5 amide bonds. The van der Waals surface area contributed by atoms with E-state index in [1.807, 2.05) is 17.0 Å². The summed E-state index contributed by atoms with van der Waals surface area (Å²) in [5, 5.41) is 12.5. The molecule has 4 fully saturated rings. The molecular formula is C48H55N5O6. The number of imide groups is 2. The van der Waals surface area contributed by atoms with Gasteiger partial charge in [-0.3, -0.25) is 39.1 Å². The van der Waals surface area contributed by atoms with Gasteiger partial charge in [0.15, 0.2) is 0 Å². The van der Waals surface area contributed by atoms with Crippen molar-refractivity contribution in [2.45, 2.75) is 109 Å². The Balaban J connectivity index is 0.726. The number of likely N-dealkylation sites (tertiary alicyclic amines) is 1. The van der Waals surface area contributed by atoms with Crippen LogP contribution in [0.4, 0.5) is 5.69 Å². The van der Waals surface area contributed by atoms with E-state index in [2.05, 4.69) is 45.4 Å². The number of hydrogen-bond acceptors (Lipinski definition) is 8. The number of fused-ring (bicyclic) bond motifs is 3. The van der Waals surface area contributed by atoms with Crippen LogP contribution < -0.4 is 10.2 Å². The quantitative estimate of drug-likeness (QED) is 0.279. The molecule has 10 rings (SSSR count). The van der Waals surface area contributed by atoms with Crippen LogP contribution in [0, 0.1) is 17.3 Å². The second kappa shape index (κ2) is 15.2. The summed E-state index contributed by atoms with van der Waals surface area (Å²) < 4.78 is 0. The van der Waals surface area contributed by atoms with Crippen LogP contribution in [0.2, 0.25) is 0 Å². The van der Waals surface area contributed by atoms with Crippen molar-refractivity contribution in [1.82, 2.24) is 20.0 Å². The number of benzene rings is 3. The highest BCUT2D eigenvalue weighted by atomic mass is 16.3. The van der Waals surface area contributed by atoms with Gasteiger partial charge in [0.25, 0.3) is 11.8 Å². The number of anilines is 1. The zero-order valence-electron chi connectivity index (χ0n) is 33.9. The summed E-state index contributed by atoms with van der Waals surface area (Å²) in [7, 11) is 0. The molecule has 1 saturated carbocycles. The molecule has 3 atom stereocenters. The minimum Gasteiger partial charge on any atom is -0.508 e. The number of carbonyl (C=O) groups is 5. The molecule has 0 radical (unpaired) electrons. The zero-order chi connectivity index (χ0) is 40.4. The maximum absolute atomic E-state index is 13.6. The third-order valence-electron chi connectivity index (χ3n) is 15.4. The number of aromatic hydroxyl groups is 1. The fraction of sp³-hybridized carbons (Fsp3) is 0.521. The Kier molecular flexibility index (Phi) is 9.85. The fourth-order valence-electron chi connectivity index (χ4n) is 12.0. The van der Waals surface area contributed by atoms with Crippen molar-refractivity contribution in [3.63, 3.8) is 0 Å². The molecule has 3 saturated heterocycles. The predicted molar refractivity (Wildman–Crippen MR) is 222 cm³/mol. The number of aryl methyl sites for hydroxylation is 1. The normalized spacial score (nSPS) is 25.9. The fourth-order valence-corrected chi connectivity index (χ4v) is 12.0. The SMILES string of the molecule is O=C1CC[C@@H](N2C(=O)c3cc4c(cc3C2=O)CN(CC(=O)N2CCC3(CC2)CCN(c2ccc([C@@H]5c6ccc(O)cc6CC[C@@H]5C5CCCCC5)cc2)CC3)C4)C(=O)N1. The van der Waals surface area contributed by atoms with Crippen molar-refractivity contribution in [3.8, 4) is 5.75 Å². The number of piperidine rings is 3. The van der Waals surface area contributed by atoms with Crippen LogP contribution in [0.1, 0.15) is 132 Å². The minimum absolute atomic E-state index is 0.0847. The second-order valence-corrected chi connectivity index (χ2v) is 18.7. The Morgan fingerprint density at radius 2 is 1.39 bits per heavy atom. The van der Waals surface area contributed by atoms with Crippen LogP contribution in [-0.4, -0.2) is 88.1 Å². The van der Waals surface area contributed by atoms with E-state index in [0.29, 0.717) is 30.7 Å². The van der Waals surface area contributed by atoms with Gasteiger partial charge < -0.3 is 14.9 Å². The van der Waals surface area contributed by atoms with Crippen molar-refractivity contribution >= 4 is 35.2 Å². The number of nitrogens with one attached hydrogen (secondary N) is 1. The van der Waals surface area contributed by atoms with Gasteiger partial charge in [-0.05, 0) is 126 Å². The van der Waals surface area contributed by atoms with Crippen LogP contribution >= 0.6 is 0 Å². The third kappa shape index (κ3) is 7.02. The molecule has 1 spiro atoms. The summed E-state index contributed by atoms with van der Waals surface area (Å²) in [6.45, 7) is 4.91. The molecule has 11 heteroatoms. The van der Waals surface area contributed by atoms with Gasteiger partial charge in [0.2, 0.25) is 17.7 Å². The summed E-state index contributed by atoms with van der Waals surface area (Å²) in [6, 6.07) is 18.0. The van der Waals surface area contributed by atoms with Crippen molar-refractivity contribution in [3.05, 3.63) is 93.5 Å². The summed E-state index contributed by atoms with van der Waals surface area (Å²) >= 11 is 0. The van der Waals surface area contributed by atoms with E-state index < -0.39 is 29.7 Å². The molecule has 5 aliphatic heterocycles. The van der Waals surface area contributed by atoms with Gasteiger partial charge in [-0.2, -0.15) is 0 Å². The van der Waals surface area contributed by atoms with Crippen molar-refractivity contribution < 1.29 is 29.1 Å². The molecule has 0 unspecified atom stereocenters. The smallest absolute Gasteiger partial charge is 0.262 e. The molecule has 59 heavy (non-hydrogen) atoms. The third-order valence-corrected chi connectivity index (χ3v) is 15.4. The van der Waals surface area contributed by atoms with Crippen molar-refractivity contribution in [1.29, 1.82) is 0 Å². The number of hydrogen-bond donors (Lipinski definition) is 2. The number of phenols is 1. The topological polar surface area (TPSA) is 131 Å². The highest BCUT2D eigenvalue weighted by Gasteiger charge is 2.46. The maximum Gasteiger partial charge on any atom is 0.262 e. The van der Waals surface area contributed by atoms with Crippen LogP contribution in [0.15, 0.2) is 54.6 Å². The van der Waals surface area contributed by atoms with Crippen LogP contribution in [0.3, 0.4) is 0 Å². The largest absolute Gasteiger partial charge is 0.508 e. The molecule has 5 heterocycles. The van der Waals surface area contributed by atoms with Crippen LogP contribution in [0.5, 0.6) is 5.75 Å². The van der Waals surface area contributed by atoms with E-state index in [-0.39, 0.29) is 41.8 Å². The Morgan fingerprint density at radius 1 is 0.729 bits per heavy atom. The lowest BCUT2D eigenvalue weighted by molar-refractivity contribution is -0.137. The Morgan fingerprint density at radius 3 is 2.05 bits per heavy atom. The molecule has 308 valence electrons. The predicted octanol–water partition coefficient (Wildman–Crippen LogP) is 6.29. The first-order valence-electron chi connectivity index (χ1n) is 22.2. The van der Waals surface area contributed by atoms with E-state index in [4.69, 9.17) is 0 Å².